The molecule has 0 saturated carbocycles. The maximum Gasteiger partial charge on any atom is 0.296 e. The van der Waals surface area contributed by atoms with Crippen molar-refractivity contribution in [3.63, 3.8) is 0 Å². The molecule has 15 heavy (non-hydrogen) atoms. The van der Waals surface area contributed by atoms with Crippen molar-refractivity contribution in [3.05, 3.63) is 23.0 Å². The van der Waals surface area contributed by atoms with Gasteiger partial charge in [-0.1, -0.05) is 12.7 Å². The van der Waals surface area contributed by atoms with Gasteiger partial charge in [0.15, 0.2) is 11.2 Å². The molecule has 0 atom stereocenters. The van der Waals surface area contributed by atoms with Crippen LogP contribution in [0.5, 0.6) is 6.01 Å². The number of imidazole rings is 1. The van der Waals surface area contributed by atoms with Crippen molar-refractivity contribution in [1.29, 1.82) is 0 Å². The number of ether oxygens (including phenoxy) is 1. The standard InChI is InChI=1S/C8H9N5O2/c1-2-3-15-8-10-4-5(12-8)11-7(9)13-6(4)14/h2H,1,3H2,(H4,9,10,11,12,13,14). The van der Waals surface area contributed by atoms with Crippen LogP contribution in [0.25, 0.3) is 11.2 Å². The summed E-state index contributed by atoms with van der Waals surface area (Å²) in [6.45, 7) is 3.79. The summed E-state index contributed by atoms with van der Waals surface area (Å²) < 4.78 is 5.12. The van der Waals surface area contributed by atoms with Gasteiger partial charge in [0.25, 0.3) is 11.6 Å². The van der Waals surface area contributed by atoms with E-state index < -0.39 is 5.56 Å². The number of hydrogen-bond donors (Lipinski definition) is 3. The summed E-state index contributed by atoms with van der Waals surface area (Å²) in [5.74, 6) is 0.0337. The van der Waals surface area contributed by atoms with E-state index in [0.29, 0.717) is 12.3 Å². The van der Waals surface area contributed by atoms with Gasteiger partial charge in [-0.15, -0.1) is 0 Å². The molecule has 2 rings (SSSR count). The van der Waals surface area contributed by atoms with Gasteiger partial charge in [-0.3, -0.25) is 14.8 Å². The Morgan fingerprint density at radius 3 is 3.00 bits per heavy atom. The van der Waals surface area contributed by atoms with Gasteiger partial charge in [0, 0.05) is 0 Å². The van der Waals surface area contributed by atoms with E-state index in [1.807, 2.05) is 0 Å². The van der Waals surface area contributed by atoms with Gasteiger partial charge in [-0.25, -0.2) is 0 Å². The first kappa shape index (κ1) is 9.25. The number of H-pyrrole nitrogens is 2. The van der Waals surface area contributed by atoms with Crippen LogP contribution in [0.1, 0.15) is 0 Å². The first-order chi connectivity index (χ1) is 7.20. The van der Waals surface area contributed by atoms with Crippen LogP contribution in [0, 0.1) is 0 Å². The molecule has 0 bridgehead atoms. The molecule has 0 aliphatic rings. The van der Waals surface area contributed by atoms with Gasteiger partial charge in [-0.05, 0) is 0 Å². The number of rotatable bonds is 3. The van der Waals surface area contributed by atoms with Gasteiger partial charge >= 0.3 is 0 Å². The van der Waals surface area contributed by atoms with Crippen molar-refractivity contribution < 1.29 is 4.74 Å². The van der Waals surface area contributed by atoms with E-state index in [1.54, 1.807) is 6.08 Å². The van der Waals surface area contributed by atoms with Crippen molar-refractivity contribution in [2.75, 3.05) is 12.3 Å². The highest BCUT2D eigenvalue weighted by molar-refractivity contribution is 5.70. The fourth-order valence-corrected chi connectivity index (χ4v) is 1.11. The molecule has 0 spiro atoms. The highest BCUT2D eigenvalue weighted by Gasteiger charge is 2.08. The van der Waals surface area contributed by atoms with Gasteiger partial charge in [0.1, 0.15) is 6.61 Å². The largest absolute Gasteiger partial charge is 0.461 e. The van der Waals surface area contributed by atoms with Gasteiger partial charge in [0.2, 0.25) is 5.95 Å². The fraction of sp³-hybridized carbons (Fsp3) is 0.125. The van der Waals surface area contributed by atoms with Crippen molar-refractivity contribution in [1.82, 2.24) is 19.9 Å². The van der Waals surface area contributed by atoms with E-state index in [4.69, 9.17) is 10.5 Å². The molecule has 2 aromatic heterocycles. The van der Waals surface area contributed by atoms with Gasteiger partial charge < -0.3 is 10.5 Å². The van der Waals surface area contributed by atoms with Crippen LogP contribution in [-0.2, 0) is 0 Å². The van der Waals surface area contributed by atoms with Crippen LogP contribution >= 0.6 is 0 Å². The Balaban J connectivity index is 2.50. The fourth-order valence-electron chi connectivity index (χ4n) is 1.11. The summed E-state index contributed by atoms with van der Waals surface area (Å²) in [4.78, 5) is 24.2. The number of nitrogens with zero attached hydrogens (tertiary/aromatic N) is 2. The Labute approximate surface area is 84.0 Å². The Morgan fingerprint density at radius 2 is 2.27 bits per heavy atom. The molecular formula is C8H9N5O2. The minimum absolute atomic E-state index is 0.0337. The number of nitrogens with one attached hydrogen (secondary N) is 2. The summed E-state index contributed by atoms with van der Waals surface area (Å²) in [5, 5.41) is 0. The SMILES string of the molecule is C=CCOc1nc2c(=O)[nH]c(N)nc2[nH]1. The van der Waals surface area contributed by atoms with Gasteiger partial charge in [0.05, 0.1) is 0 Å². The molecule has 0 amide bonds. The van der Waals surface area contributed by atoms with Gasteiger partial charge in [-0.2, -0.15) is 9.97 Å². The van der Waals surface area contributed by atoms with E-state index in [9.17, 15) is 4.79 Å². The normalized spacial score (nSPS) is 10.4. The number of aromatic nitrogens is 4. The van der Waals surface area contributed by atoms with Crippen LogP contribution in [0.2, 0.25) is 0 Å². The van der Waals surface area contributed by atoms with Crippen molar-refractivity contribution >= 4 is 17.1 Å². The minimum atomic E-state index is -0.401. The van der Waals surface area contributed by atoms with E-state index in [1.165, 1.54) is 0 Å². The number of nitrogens with two attached hydrogens (primary N) is 1. The molecule has 7 nitrogen and oxygen atoms in total. The zero-order valence-corrected chi connectivity index (χ0v) is 7.78. The number of nitrogen functional groups attached to an aromatic ring is 1. The van der Waals surface area contributed by atoms with E-state index in [-0.39, 0.29) is 17.5 Å². The lowest BCUT2D eigenvalue weighted by Crippen LogP contribution is -2.10. The molecule has 2 heterocycles. The molecule has 0 radical (unpaired) electrons. The Bertz CT molecular complexity index is 556. The smallest absolute Gasteiger partial charge is 0.296 e. The molecule has 0 saturated heterocycles. The average molecular weight is 207 g/mol. The van der Waals surface area contributed by atoms with Crippen LogP contribution in [0.15, 0.2) is 17.4 Å². The molecule has 0 aliphatic carbocycles. The highest BCUT2D eigenvalue weighted by Crippen LogP contribution is 2.10. The number of aromatic amines is 2. The predicted octanol–water partition coefficient (Wildman–Crippen LogP) is -0.207. The van der Waals surface area contributed by atoms with E-state index in [2.05, 4.69) is 26.5 Å². The van der Waals surface area contributed by atoms with Crippen LogP contribution in [0.4, 0.5) is 5.95 Å². The first-order valence-electron chi connectivity index (χ1n) is 4.20. The lowest BCUT2D eigenvalue weighted by molar-refractivity contribution is 0.338. The molecule has 0 unspecified atom stereocenters. The summed E-state index contributed by atoms with van der Waals surface area (Å²) in [6, 6.07) is 0.216. The topological polar surface area (TPSA) is 110 Å². The van der Waals surface area contributed by atoms with E-state index in [0.717, 1.165) is 0 Å². The Morgan fingerprint density at radius 1 is 1.47 bits per heavy atom. The number of anilines is 1. The molecule has 4 N–H and O–H groups in total. The average Bonchev–Trinajstić information content (AvgIpc) is 2.57. The number of hydrogen-bond acceptors (Lipinski definition) is 5. The van der Waals surface area contributed by atoms with Crippen molar-refractivity contribution in [2.45, 2.75) is 0 Å². The third-order valence-electron chi connectivity index (χ3n) is 1.69. The maximum absolute atomic E-state index is 11.4. The summed E-state index contributed by atoms with van der Waals surface area (Å²) >= 11 is 0. The van der Waals surface area contributed by atoms with Crippen LogP contribution in [0.3, 0.4) is 0 Å². The van der Waals surface area contributed by atoms with Crippen LogP contribution in [-0.4, -0.2) is 26.5 Å². The summed E-state index contributed by atoms with van der Waals surface area (Å²) in [6.07, 6.45) is 1.57. The minimum Gasteiger partial charge on any atom is -0.461 e. The second-order valence-electron chi connectivity index (χ2n) is 2.79. The third kappa shape index (κ3) is 1.66. The maximum atomic E-state index is 11.4. The molecule has 7 heteroatoms. The zero-order chi connectivity index (χ0) is 10.8. The molecule has 2 aromatic rings. The molecule has 0 fully saturated rings. The highest BCUT2D eigenvalue weighted by atomic mass is 16.5. The quantitative estimate of drug-likeness (QED) is 0.603. The Hall–Kier alpha value is -2.31. The zero-order valence-electron chi connectivity index (χ0n) is 7.78. The first-order valence-corrected chi connectivity index (χ1v) is 4.20. The predicted molar refractivity (Wildman–Crippen MR) is 54.6 cm³/mol. The molecule has 0 aliphatic heterocycles. The van der Waals surface area contributed by atoms with Crippen molar-refractivity contribution in [3.8, 4) is 6.01 Å². The number of fused-ring (bicyclic) bond motifs is 1. The monoisotopic (exact) mass is 207 g/mol. The molecule has 78 valence electrons. The lowest BCUT2D eigenvalue weighted by Gasteiger charge is -1.94. The second kappa shape index (κ2) is 3.45. The summed E-state index contributed by atoms with van der Waals surface area (Å²) in [7, 11) is 0. The third-order valence-corrected chi connectivity index (χ3v) is 1.69. The summed E-state index contributed by atoms with van der Waals surface area (Å²) in [5.41, 5.74) is 5.43. The van der Waals surface area contributed by atoms with Crippen LogP contribution < -0.4 is 16.0 Å². The Kier molecular flexibility index (Phi) is 2.13. The lowest BCUT2D eigenvalue weighted by atomic mass is 10.5. The van der Waals surface area contributed by atoms with E-state index >= 15 is 0 Å². The molecule has 0 aromatic carbocycles. The second-order valence-corrected chi connectivity index (χ2v) is 2.79. The molecular weight excluding hydrogens is 198 g/mol. The van der Waals surface area contributed by atoms with Crippen molar-refractivity contribution in [2.24, 2.45) is 0 Å².